The maximum Gasteiger partial charge on any atom is 0.303 e. The van der Waals surface area contributed by atoms with Gasteiger partial charge in [0.25, 0.3) is 0 Å². The number of methoxy groups -OCH3 is 1. The Morgan fingerprint density at radius 3 is 2.73 bits per heavy atom. The number of hydrogen-bond acceptors (Lipinski definition) is 4. The van der Waals surface area contributed by atoms with Crippen molar-refractivity contribution in [1.29, 1.82) is 0 Å². The van der Waals surface area contributed by atoms with Crippen LogP contribution in [-0.4, -0.2) is 29.8 Å². The lowest BCUT2D eigenvalue weighted by atomic mass is 10.1. The summed E-state index contributed by atoms with van der Waals surface area (Å²) in [6.07, 6.45) is 9.30. The molecule has 0 bridgehead atoms. The van der Waals surface area contributed by atoms with Gasteiger partial charge in [-0.1, -0.05) is 24.3 Å². The molecule has 0 radical (unpaired) electrons. The van der Waals surface area contributed by atoms with E-state index in [1.807, 2.05) is 30.3 Å². The van der Waals surface area contributed by atoms with Gasteiger partial charge in [-0.15, -0.1) is 0 Å². The summed E-state index contributed by atoms with van der Waals surface area (Å²) in [7, 11) is 1.66. The summed E-state index contributed by atoms with van der Waals surface area (Å²) in [5.41, 5.74) is 1.86. The fourth-order valence-electron chi connectivity index (χ4n) is 2.45. The van der Waals surface area contributed by atoms with Gasteiger partial charge < -0.3 is 14.6 Å². The molecule has 138 valence electrons. The molecule has 1 aromatic carbocycles. The third kappa shape index (κ3) is 6.97. The number of aliphatic carboxylic acids is 1. The second kappa shape index (κ2) is 10.9. The zero-order chi connectivity index (χ0) is 18.6. The van der Waals surface area contributed by atoms with E-state index in [0.717, 1.165) is 30.6 Å². The first-order valence-corrected chi connectivity index (χ1v) is 8.78. The Hall–Kier alpha value is -2.82. The molecule has 0 amide bonds. The van der Waals surface area contributed by atoms with Crippen LogP contribution in [0.3, 0.4) is 0 Å². The van der Waals surface area contributed by atoms with Gasteiger partial charge in [-0.3, -0.25) is 9.78 Å². The van der Waals surface area contributed by atoms with Gasteiger partial charge >= 0.3 is 5.97 Å². The number of carboxylic acid groups (broad SMARTS) is 1. The van der Waals surface area contributed by atoms with Crippen molar-refractivity contribution in [2.45, 2.75) is 32.1 Å². The molecule has 5 heteroatoms. The Bertz CT molecular complexity index is 710. The normalized spacial score (nSPS) is 10.8. The molecular formula is C21H25NO4. The number of aromatic nitrogens is 1. The minimum Gasteiger partial charge on any atom is -0.497 e. The summed E-state index contributed by atoms with van der Waals surface area (Å²) < 4.78 is 10.9. The van der Waals surface area contributed by atoms with Crippen molar-refractivity contribution in [2.75, 3.05) is 13.7 Å². The maximum atomic E-state index is 10.7. The van der Waals surface area contributed by atoms with Crippen LogP contribution in [0.4, 0.5) is 0 Å². The summed E-state index contributed by atoms with van der Waals surface area (Å²) in [6, 6.07) is 11.6. The smallest absolute Gasteiger partial charge is 0.303 e. The number of allylic oxidation sites excluding steroid dienone is 1. The van der Waals surface area contributed by atoms with Crippen molar-refractivity contribution < 1.29 is 19.4 Å². The quantitative estimate of drug-likeness (QED) is 0.606. The molecule has 0 aliphatic carbocycles. The zero-order valence-corrected chi connectivity index (χ0v) is 15.1. The Labute approximate surface area is 154 Å². The molecule has 1 aromatic heterocycles. The molecule has 1 N–H and O–H groups in total. The van der Waals surface area contributed by atoms with Crippen molar-refractivity contribution in [2.24, 2.45) is 0 Å². The SMILES string of the molecule is COc1ccc(/C=C/CCCCOc2cccnc2CCC(=O)O)cc1. The van der Waals surface area contributed by atoms with Gasteiger partial charge in [0.15, 0.2) is 0 Å². The van der Waals surface area contributed by atoms with Crippen molar-refractivity contribution in [1.82, 2.24) is 4.98 Å². The number of rotatable bonds is 11. The molecule has 0 aliphatic heterocycles. The van der Waals surface area contributed by atoms with Gasteiger partial charge in [-0.2, -0.15) is 0 Å². The molecular weight excluding hydrogens is 330 g/mol. The largest absolute Gasteiger partial charge is 0.497 e. The minimum atomic E-state index is -0.828. The lowest BCUT2D eigenvalue weighted by molar-refractivity contribution is -0.136. The predicted molar refractivity (Wildman–Crippen MR) is 102 cm³/mol. The molecule has 0 saturated carbocycles. The molecule has 0 aliphatic rings. The number of unbranched alkanes of at least 4 members (excludes halogenated alkanes) is 2. The first kappa shape index (κ1) is 19.5. The van der Waals surface area contributed by atoms with Crippen LogP contribution in [0, 0.1) is 0 Å². The van der Waals surface area contributed by atoms with Gasteiger partial charge in [0.05, 0.1) is 25.8 Å². The number of ether oxygens (including phenoxy) is 2. The molecule has 0 unspecified atom stereocenters. The predicted octanol–water partition coefficient (Wildman–Crippen LogP) is 4.37. The number of carbonyl (C=O) groups is 1. The average Bonchev–Trinajstić information content (AvgIpc) is 2.66. The Morgan fingerprint density at radius 1 is 1.19 bits per heavy atom. The second-order valence-electron chi connectivity index (χ2n) is 5.86. The summed E-state index contributed by atoms with van der Waals surface area (Å²) in [5.74, 6) is 0.713. The van der Waals surface area contributed by atoms with Crippen LogP contribution in [0.2, 0.25) is 0 Å². The van der Waals surface area contributed by atoms with Crippen molar-refractivity contribution in [3.05, 3.63) is 59.9 Å². The van der Waals surface area contributed by atoms with Crippen LogP contribution in [0.5, 0.6) is 11.5 Å². The number of carboxylic acids is 1. The second-order valence-corrected chi connectivity index (χ2v) is 5.86. The highest BCUT2D eigenvalue weighted by Crippen LogP contribution is 2.18. The Morgan fingerprint density at radius 2 is 2.00 bits per heavy atom. The van der Waals surface area contributed by atoms with Crippen LogP contribution >= 0.6 is 0 Å². The van der Waals surface area contributed by atoms with Crippen molar-refractivity contribution >= 4 is 12.0 Å². The fraction of sp³-hybridized carbons (Fsp3) is 0.333. The third-order valence-corrected chi connectivity index (χ3v) is 3.87. The van der Waals surface area contributed by atoms with Crippen molar-refractivity contribution in [3.8, 4) is 11.5 Å². The lowest BCUT2D eigenvalue weighted by Crippen LogP contribution is -2.04. The molecule has 2 aromatic rings. The molecule has 0 fully saturated rings. The number of pyridine rings is 1. The monoisotopic (exact) mass is 355 g/mol. The van der Waals surface area contributed by atoms with E-state index in [-0.39, 0.29) is 6.42 Å². The molecule has 2 rings (SSSR count). The van der Waals surface area contributed by atoms with Crippen molar-refractivity contribution in [3.63, 3.8) is 0 Å². The molecule has 0 saturated heterocycles. The van der Waals surface area contributed by atoms with E-state index < -0.39 is 5.97 Å². The minimum absolute atomic E-state index is 0.0591. The van der Waals surface area contributed by atoms with E-state index in [2.05, 4.69) is 17.1 Å². The van der Waals surface area contributed by atoms with E-state index in [4.69, 9.17) is 14.6 Å². The highest BCUT2D eigenvalue weighted by atomic mass is 16.5. The van der Waals surface area contributed by atoms with E-state index in [9.17, 15) is 4.79 Å². The van der Waals surface area contributed by atoms with Gasteiger partial charge in [0.2, 0.25) is 0 Å². The molecule has 5 nitrogen and oxygen atoms in total. The molecule has 0 spiro atoms. The number of nitrogens with zero attached hydrogens (tertiary/aromatic N) is 1. The third-order valence-electron chi connectivity index (χ3n) is 3.87. The number of benzene rings is 1. The molecule has 26 heavy (non-hydrogen) atoms. The van der Waals surface area contributed by atoms with Gasteiger partial charge in [-0.05, 0) is 49.1 Å². The van der Waals surface area contributed by atoms with E-state index in [0.29, 0.717) is 24.5 Å². The molecule has 0 atom stereocenters. The van der Waals surface area contributed by atoms with Crippen LogP contribution in [-0.2, 0) is 11.2 Å². The average molecular weight is 355 g/mol. The van der Waals surface area contributed by atoms with Crippen LogP contribution in [0.1, 0.15) is 36.9 Å². The van der Waals surface area contributed by atoms with E-state index in [1.54, 1.807) is 19.4 Å². The zero-order valence-electron chi connectivity index (χ0n) is 15.1. The lowest BCUT2D eigenvalue weighted by Gasteiger charge is -2.09. The first-order chi connectivity index (χ1) is 12.7. The standard InChI is InChI=1S/C21H25NO4/c1-25-18-11-9-17(10-12-18)7-4-2-3-5-16-26-20-8-6-15-22-19(20)13-14-21(23)24/h4,6-12,15H,2-3,5,13-14,16H2,1H3,(H,23,24)/b7-4+. The number of hydrogen-bond donors (Lipinski definition) is 1. The van der Waals surface area contributed by atoms with Crippen LogP contribution < -0.4 is 9.47 Å². The van der Waals surface area contributed by atoms with Crippen LogP contribution in [0.25, 0.3) is 6.08 Å². The maximum absolute atomic E-state index is 10.7. The van der Waals surface area contributed by atoms with Crippen LogP contribution in [0.15, 0.2) is 48.7 Å². The summed E-state index contributed by atoms with van der Waals surface area (Å²) >= 11 is 0. The van der Waals surface area contributed by atoms with Gasteiger partial charge in [0.1, 0.15) is 11.5 Å². The van der Waals surface area contributed by atoms with E-state index >= 15 is 0 Å². The summed E-state index contributed by atoms with van der Waals surface area (Å²) in [5, 5.41) is 8.79. The summed E-state index contributed by atoms with van der Waals surface area (Å²) in [6.45, 7) is 0.599. The number of aryl methyl sites for hydroxylation is 1. The highest BCUT2D eigenvalue weighted by molar-refractivity contribution is 5.67. The summed E-state index contributed by atoms with van der Waals surface area (Å²) in [4.78, 5) is 14.9. The van der Waals surface area contributed by atoms with Gasteiger partial charge in [0, 0.05) is 12.6 Å². The first-order valence-electron chi connectivity index (χ1n) is 8.78. The highest BCUT2D eigenvalue weighted by Gasteiger charge is 2.07. The van der Waals surface area contributed by atoms with Gasteiger partial charge in [-0.25, -0.2) is 0 Å². The Kier molecular flexibility index (Phi) is 8.19. The van der Waals surface area contributed by atoms with E-state index in [1.165, 1.54) is 0 Å². The molecule has 1 heterocycles. The fourth-order valence-corrected chi connectivity index (χ4v) is 2.45. The topological polar surface area (TPSA) is 68.7 Å². The Balaban J connectivity index is 1.67.